The number of aliphatic imine (C=N–C) groups is 1. The molecule has 2 aromatic carbocycles. The molecule has 0 amide bonds. The van der Waals surface area contributed by atoms with Crippen LogP contribution in [0.15, 0.2) is 84.0 Å². The molecule has 3 aromatic heterocycles. The monoisotopic (exact) mass is 634 g/mol. The van der Waals surface area contributed by atoms with Gasteiger partial charge in [-0.1, -0.05) is 69.7 Å². The van der Waals surface area contributed by atoms with Crippen LogP contribution < -0.4 is 4.74 Å². The molecule has 4 atom stereocenters. The van der Waals surface area contributed by atoms with Crippen molar-refractivity contribution in [3.63, 3.8) is 0 Å². The molecule has 6 nitrogen and oxygen atoms in total. The number of hydrogen-bond donors (Lipinski definition) is 0. The van der Waals surface area contributed by atoms with Gasteiger partial charge in [-0.15, -0.1) is 0 Å². The molecule has 6 heteroatoms. The van der Waals surface area contributed by atoms with Crippen molar-refractivity contribution >= 4 is 27.7 Å². The number of fused-ring (bicyclic) bond motifs is 8. The average Bonchev–Trinajstić information content (AvgIpc) is 3.55. The minimum atomic E-state index is -0.474. The highest BCUT2D eigenvalue weighted by molar-refractivity contribution is 6.12. The minimum Gasteiger partial charge on any atom is -0.468 e. The Labute approximate surface area is 282 Å². The summed E-state index contributed by atoms with van der Waals surface area (Å²) >= 11 is 0. The van der Waals surface area contributed by atoms with Gasteiger partial charge in [0.2, 0.25) is 11.8 Å². The van der Waals surface area contributed by atoms with Crippen LogP contribution in [0.4, 0.5) is 0 Å². The SMILES string of the molecule is Cc1cc2c3c(c1)c1cc(C)c(Oc4cc(C5=N[C@]6(C)C7C=CC=CC7C(C)(C)[C@]6(C)O5)cc(C)n4)cc1n3-c1ncccc1C2(C)C. The van der Waals surface area contributed by atoms with Crippen molar-refractivity contribution in [1.82, 2.24) is 14.5 Å². The molecule has 0 N–H and O–H groups in total. The molecule has 0 bridgehead atoms. The predicted octanol–water partition coefficient (Wildman–Crippen LogP) is 9.62. The summed E-state index contributed by atoms with van der Waals surface area (Å²) < 4.78 is 16.0. The number of rotatable bonds is 3. The van der Waals surface area contributed by atoms with Gasteiger partial charge in [-0.25, -0.2) is 15.0 Å². The molecular weight excluding hydrogens is 592 g/mol. The Kier molecular flexibility index (Phi) is 5.67. The lowest BCUT2D eigenvalue weighted by atomic mass is 9.70. The average molecular weight is 635 g/mol. The molecule has 48 heavy (non-hydrogen) atoms. The van der Waals surface area contributed by atoms with Crippen LogP contribution in [0.5, 0.6) is 11.6 Å². The maximum atomic E-state index is 6.94. The van der Waals surface area contributed by atoms with E-state index in [-0.39, 0.29) is 16.7 Å². The first-order valence-corrected chi connectivity index (χ1v) is 17.1. The number of nitrogens with zero attached hydrogens (tertiary/aromatic N) is 4. The fraction of sp³-hybridized carbons (Fsp3) is 0.357. The molecule has 242 valence electrons. The highest BCUT2D eigenvalue weighted by Crippen LogP contribution is 2.65. The van der Waals surface area contributed by atoms with Crippen LogP contribution in [0, 0.1) is 38.0 Å². The van der Waals surface area contributed by atoms with Crippen molar-refractivity contribution in [1.29, 1.82) is 0 Å². The second kappa shape index (κ2) is 9.25. The number of aromatic nitrogens is 3. The van der Waals surface area contributed by atoms with Crippen LogP contribution in [0.3, 0.4) is 0 Å². The molecule has 1 fully saturated rings. The Bertz CT molecular complexity index is 2340. The summed E-state index contributed by atoms with van der Waals surface area (Å²) in [5.41, 5.74) is 7.70. The molecule has 2 aliphatic heterocycles. The fourth-order valence-electron chi connectivity index (χ4n) is 9.45. The Balaban J connectivity index is 1.16. The zero-order chi connectivity index (χ0) is 33.5. The Morgan fingerprint density at radius 1 is 0.833 bits per heavy atom. The summed E-state index contributed by atoms with van der Waals surface area (Å²) in [7, 11) is 0. The number of pyridine rings is 2. The Morgan fingerprint density at radius 3 is 2.40 bits per heavy atom. The van der Waals surface area contributed by atoms with Gasteiger partial charge in [-0.05, 0) is 75.9 Å². The van der Waals surface area contributed by atoms with Crippen LogP contribution >= 0.6 is 0 Å². The molecule has 9 rings (SSSR count). The third kappa shape index (κ3) is 3.56. The summed E-state index contributed by atoms with van der Waals surface area (Å²) in [6, 6.07) is 17.3. The first-order valence-electron chi connectivity index (χ1n) is 17.1. The third-order valence-corrected chi connectivity index (χ3v) is 12.5. The molecule has 0 spiro atoms. The molecule has 0 radical (unpaired) electrons. The van der Waals surface area contributed by atoms with Crippen LogP contribution in [0.1, 0.15) is 75.1 Å². The van der Waals surface area contributed by atoms with E-state index in [1.54, 1.807) is 0 Å². The molecular formula is C42H42N4O2. The van der Waals surface area contributed by atoms with Gasteiger partial charge >= 0.3 is 0 Å². The van der Waals surface area contributed by atoms with E-state index in [1.165, 1.54) is 33.0 Å². The van der Waals surface area contributed by atoms with Crippen LogP contribution in [-0.2, 0) is 10.2 Å². The lowest BCUT2D eigenvalue weighted by Crippen LogP contribution is -2.52. The van der Waals surface area contributed by atoms with Crippen LogP contribution in [-0.4, -0.2) is 31.6 Å². The Morgan fingerprint density at radius 2 is 1.60 bits per heavy atom. The first kappa shape index (κ1) is 29.4. The van der Waals surface area contributed by atoms with Crippen molar-refractivity contribution in [2.24, 2.45) is 22.2 Å². The van der Waals surface area contributed by atoms with Gasteiger partial charge in [-0.3, -0.25) is 4.57 Å². The summed E-state index contributed by atoms with van der Waals surface area (Å²) in [5.74, 6) is 3.55. The highest BCUT2D eigenvalue weighted by Gasteiger charge is 2.72. The van der Waals surface area contributed by atoms with Crippen molar-refractivity contribution in [2.75, 3.05) is 0 Å². The zero-order valence-electron chi connectivity index (χ0n) is 29.3. The molecule has 2 aliphatic carbocycles. The summed E-state index contributed by atoms with van der Waals surface area (Å²) in [6.45, 7) is 20.0. The van der Waals surface area contributed by atoms with Gasteiger partial charge in [-0.2, -0.15) is 0 Å². The van der Waals surface area contributed by atoms with Gasteiger partial charge in [0.25, 0.3) is 0 Å². The topological polar surface area (TPSA) is 61.5 Å². The maximum absolute atomic E-state index is 6.94. The van der Waals surface area contributed by atoms with Crippen molar-refractivity contribution in [2.45, 2.75) is 78.9 Å². The van der Waals surface area contributed by atoms with Crippen molar-refractivity contribution in [3.8, 4) is 17.4 Å². The largest absolute Gasteiger partial charge is 0.468 e. The Hall–Kier alpha value is -4.71. The molecule has 4 aliphatic rings. The maximum Gasteiger partial charge on any atom is 0.220 e. The fourth-order valence-corrected chi connectivity index (χ4v) is 9.45. The van der Waals surface area contributed by atoms with Crippen LogP contribution in [0.25, 0.3) is 27.6 Å². The van der Waals surface area contributed by atoms with Gasteiger partial charge in [0.05, 0.1) is 11.0 Å². The van der Waals surface area contributed by atoms with Crippen molar-refractivity contribution < 1.29 is 9.47 Å². The number of benzene rings is 2. The molecule has 1 saturated carbocycles. The predicted molar refractivity (Wildman–Crippen MR) is 193 cm³/mol. The quantitative estimate of drug-likeness (QED) is 0.198. The normalized spacial score (nSPS) is 27.1. The molecule has 0 saturated heterocycles. The van der Waals surface area contributed by atoms with E-state index in [1.807, 2.05) is 25.3 Å². The standard InChI is InChI=1S/C42H42N4O2/c1-23-17-28-27-19-24(2)34(22-33(27)46-36(28)32(18-23)39(4,5)31-15-12-16-43-37(31)46)47-35-21-26(20-25(3)44-35)38-45-41(8)30-14-11-10-13-29(30)40(6,7)42(41,9)48-38/h10-22,29-30H,1-9H3/t29?,30?,41-,42+/m1/s1. The number of allylic oxidation sites excluding steroid dienone is 3. The number of ether oxygens (including phenoxy) is 2. The second-order valence-corrected chi connectivity index (χ2v) is 15.9. The molecule has 2 unspecified atom stereocenters. The lowest BCUT2D eigenvalue weighted by Gasteiger charge is -2.42. The smallest absolute Gasteiger partial charge is 0.220 e. The lowest BCUT2D eigenvalue weighted by molar-refractivity contribution is -0.0378. The minimum absolute atomic E-state index is 0.116. The van der Waals surface area contributed by atoms with E-state index in [2.05, 4.69) is 121 Å². The third-order valence-electron chi connectivity index (χ3n) is 12.5. The number of aryl methyl sites for hydroxylation is 3. The number of hydrogen-bond acceptors (Lipinski definition) is 5. The summed E-state index contributed by atoms with van der Waals surface area (Å²) in [4.78, 5) is 15.1. The van der Waals surface area contributed by atoms with E-state index >= 15 is 0 Å². The van der Waals surface area contributed by atoms with Crippen molar-refractivity contribution in [3.05, 3.63) is 113 Å². The molecule has 5 aromatic rings. The molecule has 5 heterocycles. The second-order valence-electron chi connectivity index (χ2n) is 15.9. The van der Waals surface area contributed by atoms with Gasteiger partial charge in [0, 0.05) is 62.7 Å². The van der Waals surface area contributed by atoms with E-state index in [0.717, 1.165) is 33.9 Å². The summed E-state index contributed by atoms with van der Waals surface area (Å²) in [5, 5.41) is 2.44. The van der Waals surface area contributed by atoms with Crippen LogP contribution in [0.2, 0.25) is 0 Å². The van der Waals surface area contributed by atoms with Gasteiger partial charge < -0.3 is 9.47 Å². The summed E-state index contributed by atoms with van der Waals surface area (Å²) in [6.07, 6.45) is 10.9. The highest BCUT2D eigenvalue weighted by atomic mass is 16.5. The van der Waals surface area contributed by atoms with E-state index in [4.69, 9.17) is 24.4 Å². The van der Waals surface area contributed by atoms with E-state index < -0.39 is 11.1 Å². The zero-order valence-corrected chi connectivity index (χ0v) is 29.3. The first-order chi connectivity index (χ1) is 22.7. The van der Waals surface area contributed by atoms with Gasteiger partial charge in [0.15, 0.2) is 0 Å². The van der Waals surface area contributed by atoms with E-state index in [0.29, 0.717) is 17.7 Å². The van der Waals surface area contributed by atoms with Gasteiger partial charge in [0.1, 0.15) is 22.7 Å². The van der Waals surface area contributed by atoms with E-state index in [9.17, 15) is 0 Å².